The minimum atomic E-state index is 0.635. The van der Waals surface area contributed by atoms with Crippen molar-refractivity contribution in [1.82, 2.24) is 19.9 Å². The number of aromatic nitrogens is 4. The Morgan fingerprint density at radius 3 is 1.33 bits per heavy atom. The lowest BCUT2D eigenvalue weighted by molar-refractivity contribution is 1.08. The molecule has 0 amide bonds. The van der Waals surface area contributed by atoms with E-state index in [0.29, 0.717) is 17.5 Å². The first-order valence-electron chi connectivity index (χ1n) is 12.8. The summed E-state index contributed by atoms with van der Waals surface area (Å²) in [6, 6.07) is 45.1. The van der Waals surface area contributed by atoms with Gasteiger partial charge < -0.3 is 0 Å². The lowest BCUT2D eigenvalue weighted by Gasteiger charge is -2.10. The molecule has 0 fully saturated rings. The topological polar surface area (TPSA) is 51.6 Å². The number of fused-ring (bicyclic) bond motifs is 1. The van der Waals surface area contributed by atoms with Crippen LogP contribution >= 0.6 is 11.3 Å². The van der Waals surface area contributed by atoms with Crippen molar-refractivity contribution in [1.29, 1.82) is 0 Å². The van der Waals surface area contributed by atoms with E-state index in [-0.39, 0.29) is 0 Å². The summed E-state index contributed by atoms with van der Waals surface area (Å²) in [5, 5.41) is 0.968. The van der Waals surface area contributed by atoms with Crippen LogP contribution in [0.3, 0.4) is 0 Å². The Balaban J connectivity index is 1.49. The zero-order valence-electron chi connectivity index (χ0n) is 20.9. The van der Waals surface area contributed by atoms with E-state index < -0.39 is 0 Å². The van der Waals surface area contributed by atoms with E-state index in [4.69, 9.17) is 19.9 Å². The highest BCUT2D eigenvalue weighted by molar-refractivity contribution is 7.22. The van der Waals surface area contributed by atoms with Gasteiger partial charge in [-0.25, -0.2) is 19.9 Å². The summed E-state index contributed by atoms with van der Waals surface area (Å²) in [6.45, 7) is 0. The summed E-state index contributed by atoms with van der Waals surface area (Å²) >= 11 is 1.67. The maximum absolute atomic E-state index is 5.15. The highest BCUT2D eigenvalue weighted by atomic mass is 32.1. The summed E-state index contributed by atoms with van der Waals surface area (Å²) in [7, 11) is 0. The van der Waals surface area contributed by atoms with E-state index in [0.717, 1.165) is 48.6 Å². The molecule has 0 radical (unpaired) electrons. The Kier molecular flexibility index (Phi) is 5.96. The molecule has 7 rings (SSSR count). The average molecular weight is 519 g/mol. The summed E-state index contributed by atoms with van der Waals surface area (Å²) in [5.74, 6) is 1.93. The lowest BCUT2D eigenvalue weighted by Crippen LogP contribution is -2.00. The second-order valence-electron chi connectivity index (χ2n) is 9.13. The lowest BCUT2D eigenvalue weighted by atomic mass is 10.0. The van der Waals surface area contributed by atoms with Gasteiger partial charge in [0.2, 0.25) is 0 Å². The second-order valence-corrected chi connectivity index (χ2v) is 10.1. The number of nitrogens with zero attached hydrogens (tertiary/aromatic N) is 4. The molecule has 39 heavy (non-hydrogen) atoms. The number of benzene rings is 5. The molecule has 0 saturated heterocycles. The Bertz CT molecular complexity index is 1830. The molecule has 0 unspecified atom stereocenters. The number of rotatable bonds is 5. The predicted molar refractivity (Wildman–Crippen MR) is 160 cm³/mol. The zero-order valence-corrected chi connectivity index (χ0v) is 21.7. The Morgan fingerprint density at radius 1 is 0.359 bits per heavy atom. The van der Waals surface area contributed by atoms with Gasteiger partial charge in [0, 0.05) is 27.8 Å². The SMILES string of the molecule is c1ccc(-c2nc(-c3ccccc3)nc(-c3ccc(-c4ccccc4)c4nc(-c5ccccc5)sc34)n2)cc1. The van der Waals surface area contributed by atoms with Crippen LogP contribution in [0.15, 0.2) is 133 Å². The van der Waals surface area contributed by atoms with Crippen LogP contribution in [0.4, 0.5) is 0 Å². The Morgan fingerprint density at radius 2 is 0.795 bits per heavy atom. The van der Waals surface area contributed by atoms with E-state index in [1.54, 1.807) is 11.3 Å². The summed E-state index contributed by atoms with van der Waals surface area (Å²) in [4.78, 5) is 20.0. The molecule has 0 aliphatic heterocycles. The standard InChI is InChI=1S/C34H22N4S/c1-5-13-23(14-6-1)27-21-22-28(30-29(27)35-34(39-30)26-19-11-4-12-20-26)33-37-31(24-15-7-2-8-16-24)36-32(38-33)25-17-9-3-10-18-25/h1-22H. The molecule has 0 spiro atoms. The van der Waals surface area contributed by atoms with E-state index in [9.17, 15) is 0 Å². The van der Waals surface area contributed by atoms with Crippen LogP contribution in [-0.4, -0.2) is 19.9 Å². The van der Waals surface area contributed by atoms with Gasteiger partial charge in [0.1, 0.15) is 5.01 Å². The van der Waals surface area contributed by atoms with Crippen molar-refractivity contribution in [3.8, 4) is 55.9 Å². The molecule has 184 valence electrons. The van der Waals surface area contributed by atoms with Crippen molar-refractivity contribution >= 4 is 21.6 Å². The molecule has 2 heterocycles. The van der Waals surface area contributed by atoms with E-state index in [1.165, 1.54) is 0 Å². The van der Waals surface area contributed by atoms with Gasteiger partial charge in [-0.05, 0) is 11.6 Å². The molecular weight excluding hydrogens is 496 g/mol. The first-order valence-corrected chi connectivity index (χ1v) is 13.6. The van der Waals surface area contributed by atoms with Crippen LogP contribution in [0, 0.1) is 0 Å². The minimum absolute atomic E-state index is 0.635. The van der Waals surface area contributed by atoms with Crippen LogP contribution in [0.2, 0.25) is 0 Å². The highest BCUT2D eigenvalue weighted by Crippen LogP contribution is 2.41. The Labute approximate surface area is 230 Å². The van der Waals surface area contributed by atoms with Gasteiger partial charge in [-0.2, -0.15) is 0 Å². The molecule has 0 N–H and O–H groups in total. The van der Waals surface area contributed by atoms with Gasteiger partial charge in [-0.1, -0.05) is 127 Å². The third kappa shape index (κ3) is 4.49. The molecule has 0 saturated carbocycles. The Hall–Kier alpha value is -5.00. The summed E-state index contributed by atoms with van der Waals surface area (Å²) in [5.41, 5.74) is 7.10. The fraction of sp³-hybridized carbons (Fsp3) is 0. The molecule has 5 heteroatoms. The highest BCUT2D eigenvalue weighted by Gasteiger charge is 2.19. The van der Waals surface area contributed by atoms with Crippen molar-refractivity contribution in [3.63, 3.8) is 0 Å². The molecule has 0 atom stereocenters. The summed E-state index contributed by atoms with van der Waals surface area (Å²) in [6.07, 6.45) is 0. The van der Waals surface area contributed by atoms with Crippen molar-refractivity contribution < 1.29 is 0 Å². The maximum Gasteiger partial charge on any atom is 0.165 e. The van der Waals surface area contributed by atoms with Gasteiger partial charge in [0.05, 0.1) is 10.2 Å². The third-order valence-electron chi connectivity index (χ3n) is 6.59. The van der Waals surface area contributed by atoms with Gasteiger partial charge in [-0.3, -0.25) is 0 Å². The number of hydrogen-bond donors (Lipinski definition) is 0. The van der Waals surface area contributed by atoms with Crippen molar-refractivity contribution in [2.75, 3.05) is 0 Å². The van der Waals surface area contributed by atoms with Crippen LogP contribution in [0.5, 0.6) is 0 Å². The smallest absolute Gasteiger partial charge is 0.165 e. The normalized spacial score (nSPS) is 11.1. The van der Waals surface area contributed by atoms with Gasteiger partial charge in [0.15, 0.2) is 17.5 Å². The quantitative estimate of drug-likeness (QED) is 0.228. The monoisotopic (exact) mass is 518 g/mol. The first kappa shape index (κ1) is 23.1. The van der Waals surface area contributed by atoms with Gasteiger partial charge in [-0.15, -0.1) is 11.3 Å². The number of thiazole rings is 1. The predicted octanol–water partition coefficient (Wildman–Crippen LogP) is 8.82. The fourth-order valence-electron chi connectivity index (χ4n) is 4.67. The molecule has 4 nitrogen and oxygen atoms in total. The average Bonchev–Trinajstić information content (AvgIpc) is 3.48. The molecule has 2 aromatic heterocycles. The van der Waals surface area contributed by atoms with Crippen LogP contribution in [-0.2, 0) is 0 Å². The fourth-order valence-corrected chi connectivity index (χ4v) is 5.77. The molecular formula is C34H22N4S. The third-order valence-corrected chi connectivity index (χ3v) is 7.73. The van der Waals surface area contributed by atoms with Crippen molar-refractivity contribution in [2.45, 2.75) is 0 Å². The molecule has 0 aliphatic carbocycles. The van der Waals surface area contributed by atoms with Crippen LogP contribution < -0.4 is 0 Å². The van der Waals surface area contributed by atoms with Gasteiger partial charge >= 0.3 is 0 Å². The van der Waals surface area contributed by atoms with Crippen LogP contribution in [0.25, 0.3) is 66.1 Å². The minimum Gasteiger partial charge on any atom is -0.235 e. The zero-order chi connectivity index (χ0) is 26.0. The van der Waals surface area contributed by atoms with E-state index >= 15 is 0 Å². The maximum atomic E-state index is 5.15. The van der Waals surface area contributed by atoms with E-state index in [1.807, 2.05) is 84.9 Å². The first-order chi connectivity index (χ1) is 19.3. The largest absolute Gasteiger partial charge is 0.235 e. The van der Waals surface area contributed by atoms with E-state index in [2.05, 4.69) is 48.5 Å². The van der Waals surface area contributed by atoms with Crippen molar-refractivity contribution in [3.05, 3.63) is 133 Å². The second kappa shape index (κ2) is 10.0. The molecule has 0 bridgehead atoms. The molecule has 5 aromatic carbocycles. The molecule has 0 aliphatic rings. The van der Waals surface area contributed by atoms with Crippen molar-refractivity contribution in [2.24, 2.45) is 0 Å². The number of hydrogen-bond acceptors (Lipinski definition) is 5. The summed E-state index contributed by atoms with van der Waals surface area (Å²) < 4.78 is 1.06. The van der Waals surface area contributed by atoms with Gasteiger partial charge in [0.25, 0.3) is 0 Å². The van der Waals surface area contributed by atoms with Crippen LogP contribution in [0.1, 0.15) is 0 Å². The molecule has 7 aromatic rings.